The molecule has 0 saturated carbocycles. The highest BCUT2D eigenvalue weighted by atomic mass is 79.9. The van der Waals surface area contributed by atoms with Crippen LogP contribution in [0.25, 0.3) is 6.08 Å². The Bertz CT molecular complexity index is 997. The van der Waals surface area contributed by atoms with Crippen LogP contribution in [-0.4, -0.2) is 32.7 Å². The molecule has 1 heterocycles. The van der Waals surface area contributed by atoms with Crippen molar-refractivity contribution in [3.63, 3.8) is 0 Å². The third kappa shape index (κ3) is 5.69. The molecule has 2 aromatic carbocycles. The minimum Gasteiger partial charge on any atom is -0.506 e. The minimum absolute atomic E-state index is 0.0405. The van der Waals surface area contributed by atoms with Crippen LogP contribution in [0.5, 0.6) is 5.75 Å². The van der Waals surface area contributed by atoms with Crippen LogP contribution in [0.1, 0.15) is 17.5 Å². The van der Waals surface area contributed by atoms with E-state index < -0.39 is 0 Å². The standard InChI is InChI=1S/C20H16Br2N2O3S2/c21-14-8-13(18(26)15(22)10-14)9-16-19(27)24(20(28)29-16)7-6-17(25)23-11-12-4-2-1-3-5-12/h1-5,8-10,26H,6-7,11H2,(H,23,25)/b16-9-. The van der Waals surface area contributed by atoms with Gasteiger partial charge in [0.25, 0.3) is 5.91 Å². The van der Waals surface area contributed by atoms with Crippen LogP contribution < -0.4 is 5.32 Å². The van der Waals surface area contributed by atoms with E-state index in [1.54, 1.807) is 18.2 Å². The Hall–Kier alpha value is -1.68. The maximum absolute atomic E-state index is 12.7. The summed E-state index contributed by atoms with van der Waals surface area (Å²) in [6.07, 6.45) is 1.75. The maximum Gasteiger partial charge on any atom is 0.266 e. The molecule has 0 atom stereocenters. The van der Waals surface area contributed by atoms with Crippen LogP contribution in [0.2, 0.25) is 0 Å². The van der Waals surface area contributed by atoms with Gasteiger partial charge < -0.3 is 10.4 Å². The van der Waals surface area contributed by atoms with Crippen LogP contribution in [0.15, 0.2) is 56.3 Å². The molecule has 1 aliphatic heterocycles. The summed E-state index contributed by atoms with van der Waals surface area (Å²) in [6.45, 7) is 0.645. The first kappa shape index (κ1) is 22.0. The third-order valence-electron chi connectivity index (χ3n) is 4.11. The fourth-order valence-corrected chi connectivity index (χ4v) is 5.19. The van der Waals surface area contributed by atoms with E-state index in [1.807, 2.05) is 30.3 Å². The molecule has 1 saturated heterocycles. The predicted molar refractivity (Wildman–Crippen MR) is 126 cm³/mol. The Morgan fingerprint density at radius 3 is 2.69 bits per heavy atom. The molecule has 0 bridgehead atoms. The van der Waals surface area contributed by atoms with Gasteiger partial charge in [0.1, 0.15) is 10.1 Å². The molecule has 9 heteroatoms. The zero-order valence-corrected chi connectivity index (χ0v) is 19.8. The van der Waals surface area contributed by atoms with Gasteiger partial charge in [-0.2, -0.15) is 0 Å². The van der Waals surface area contributed by atoms with Gasteiger partial charge >= 0.3 is 0 Å². The van der Waals surface area contributed by atoms with Crippen molar-refractivity contribution in [1.82, 2.24) is 10.2 Å². The minimum atomic E-state index is -0.272. The quantitative estimate of drug-likeness (QED) is 0.395. The second-order valence-electron chi connectivity index (χ2n) is 6.17. The molecule has 1 fully saturated rings. The third-order valence-corrected chi connectivity index (χ3v) is 6.55. The molecule has 0 aromatic heterocycles. The Morgan fingerprint density at radius 1 is 1.24 bits per heavy atom. The summed E-state index contributed by atoms with van der Waals surface area (Å²) in [5.41, 5.74) is 1.50. The molecule has 2 amide bonds. The van der Waals surface area contributed by atoms with E-state index in [-0.39, 0.29) is 30.5 Å². The molecule has 2 aromatic rings. The lowest BCUT2D eigenvalue weighted by atomic mass is 10.2. The summed E-state index contributed by atoms with van der Waals surface area (Å²) in [6, 6.07) is 13.0. The molecule has 5 nitrogen and oxygen atoms in total. The number of thiocarbonyl (C=S) groups is 1. The molecule has 3 rings (SSSR count). The number of halogens is 2. The van der Waals surface area contributed by atoms with Crippen molar-refractivity contribution < 1.29 is 14.7 Å². The lowest BCUT2D eigenvalue weighted by Crippen LogP contribution is -2.33. The number of thioether (sulfide) groups is 1. The summed E-state index contributed by atoms with van der Waals surface area (Å²) in [4.78, 5) is 26.6. The van der Waals surface area contributed by atoms with Crippen LogP contribution in [-0.2, 0) is 16.1 Å². The van der Waals surface area contributed by atoms with Gasteiger partial charge in [0.15, 0.2) is 0 Å². The maximum atomic E-state index is 12.7. The number of amides is 2. The number of hydrogen-bond donors (Lipinski definition) is 2. The molecule has 1 aliphatic rings. The smallest absolute Gasteiger partial charge is 0.266 e. The van der Waals surface area contributed by atoms with Gasteiger partial charge in [0, 0.05) is 29.5 Å². The second kappa shape index (κ2) is 9.88. The van der Waals surface area contributed by atoms with Crippen molar-refractivity contribution in [3.05, 3.63) is 67.4 Å². The first-order chi connectivity index (χ1) is 13.8. The fraction of sp³-hybridized carbons (Fsp3) is 0.150. The summed E-state index contributed by atoms with van der Waals surface area (Å²) >= 11 is 13.1. The predicted octanol–water partition coefficient (Wildman–Crippen LogP) is 4.82. The average Bonchev–Trinajstić information content (AvgIpc) is 2.96. The lowest BCUT2D eigenvalue weighted by molar-refractivity contribution is -0.123. The number of nitrogens with one attached hydrogen (secondary N) is 1. The molecule has 29 heavy (non-hydrogen) atoms. The van der Waals surface area contributed by atoms with Crippen molar-refractivity contribution in [2.75, 3.05) is 6.54 Å². The van der Waals surface area contributed by atoms with E-state index in [2.05, 4.69) is 37.2 Å². The first-order valence-corrected chi connectivity index (χ1v) is 11.4. The molecular formula is C20H16Br2N2O3S2. The topological polar surface area (TPSA) is 69.6 Å². The molecule has 0 unspecified atom stereocenters. The number of rotatable bonds is 6. The molecule has 0 aliphatic carbocycles. The summed E-state index contributed by atoms with van der Waals surface area (Å²) in [5.74, 6) is -0.384. The summed E-state index contributed by atoms with van der Waals surface area (Å²) in [7, 11) is 0. The van der Waals surface area contributed by atoms with Gasteiger partial charge in [0.05, 0.1) is 9.38 Å². The molecule has 2 N–H and O–H groups in total. The Kier molecular flexibility index (Phi) is 7.50. The number of carbonyl (C=O) groups excluding carboxylic acids is 2. The van der Waals surface area contributed by atoms with E-state index in [4.69, 9.17) is 12.2 Å². The highest BCUT2D eigenvalue weighted by molar-refractivity contribution is 9.11. The number of phenols is 1. The molecule has 150 valence electrons. The SMILES string of the molecule is O=C(CCN1C(=O)/C(=C/c2cc(Br)cc(Br)c2O)SC1=S)NCc1ccccc1. The van der Waals surface area contributed by atoms with E-state index >= 15 is 0 Å². The van der Waals surface area contributed by atoms with E-state index in [9.17, 15) is 14.7 Å². The summed E-state index contributed by atoms with van der Waals surface area (Å²) < 4.78 is 1.67. The zero-order chi connectivity index (χ0) is 21.0. The summed E-state index contributed by atoms with van der Waals surface area (Å²) in [5, 5.41) is 13.0. The van der Waals surface area contributed by atoms with Crippen molar-refractivity contribution in [2.24, 2.45) is 0 Å². The number of phenolic OH excluding ortho intramolecular Hbond substituents is 1. The van der Waals surface area contributed by atoms with Crippen molar-refractivity contribution in [2.45, 2.75) is 13.0 Å². The first-order valence-electron chi connectivity index (χ1n) is 8.59. The van der Waals surface area contributed by atoms with E-state index in [1.165, 1.54) is 4.90 Å². The normalized spacial score (nSPS) is 15.2. The second-order valence-corrected chi connectivity index (χ2v) is 9.62. The zero-order valence-electron chi connectivity index (χ0n) is 15.0. The Morgan fingerprint density at radius 2 is 1.97 bits per heavy atom. The Labute approximate surface area is 194 Å². The van der Waals surface area contributed by atoms with Gasteiger partial charge in [-0.3, -0.25) is 14.5 Å². The number of carbonyl (C=O) groups is 2. The number of benzene rings is 2. The largest absolute Gasteiger partial charge is 0.506 e. The van der Waals surface area contributed by atoms with Gasteiger partial charge in [-0.05, 0) is 39.7 Å². The highest BCUT2D eigenvalue weighted by Gasteiger charge is 2.32. The molecule has 0 radical (unpaired) electrons. The van der Waals surface area contributed by atoms with Crippen LogP contribution >= 0.6 is 55.8 Å². The highest BCUT2D eigenvalue weighted by Crippen LogP contribution is 2.37. The number of aromatic hydroxyl groups is 1. The van der Waals surface area contributed by atoms with Gasteiger partial charge in [-0.25, -0.2) is 0 Å². The van der Waals surface area contributed by atoms with Crippen molar-refractivity contribution in [1.29, 1.82) is 0 Å². The van der Waals surface area contributed by atoms with Gasteiger partial charge in [-0.1, -0.05) is 70.2 Å². The van der Waals surface area contributed by atoms with Gasteiger partial charge in [0.2, 0.25) is 5.91 Å². The molecular weight excluding hydrogens is 540 g/mol. The Balaban J connectivity index is 1.61. The average molecular weight is 556 g/mol. The van der Waals surface area contributed by atoms with Crippen LogP contribution in [0.4, 0.5) is 0 Å². The van der Waals surface area contributed by atoms with Gasteiger partial charge in [-0.15, -0.1) is 0 Å². The lowest BCUT2D eigenvalue weighted by Gasteiger charge is -2.14. The fourth-order valence-electron chi connectivity index (χ4n) is 2.63. The van der Waals surface area contributed by atoms with Crippen LogP contribution in [0, 0.1) is 0 Å². The number of nitrogens with zero attached hydrogens (tertiary/aromatic N) is 1. The van der Waals surface area contributed by atoms with E-state index in [0.717, 1.165) is 21.8 Å². The number of hydrogen-bond acceptors (Lipinski definition) is 5. The monoisotopic (exact) mass is 554 g/mol. The van der Waals surface area contributed by atoms with E-state index in [0.29, 0.717) is 25.8 Å². The van der Waals surface area contributed by atoms with Crippen molar-refractivity contribution in [3.8, 4) is 5.75 Å². The van der Waals surface area contributed by atoms with Crippen molar-refractivity contribution >= 4 is 78.1 Å². The van der Waals surface area contributed by atoms with Crippen LogP contribution in [0.3, 0.4) is 0 Å². The molecule has 0 spiro atoms.